The monoisotopic (exact) mass is 348 g/mol. The first-order valence-corrected chi connectivity index (χ1v) is 8.95. The highest BCUT2D eigenvalue weighted by atomic mass is 16.5. The van der Waals surface area contributed by atoms with Crippen molar-refractivity contribution in [3.05, 3.63) is 47.5 Å². The van der Waals surface area contributed by atoms with Crippen LogP contribution in [0.2, 0.25) is 0 Å². The Morgan fingerprint density at radius 1 is 1.23 bits per heavy atom. The maximum Gasteiger partial charge on any atom is 0.238 e. The lowest BCUT2D eigenvalue weighted by Crippen LogP contribution is -2.46. The number of amides is 1. The molecule has 2 atom stereocenters. The van der Waals surface area contributed by atoms with Gasteiger partial charge in [0.2, 0.25) is 5.91 Å². The third-order valence-corrected chi connectivity index (χ3v) is 6.37. The van der Waals surface area contributed by atoms with E-state index in [2.05, 4.69) is 24.3 Å². The zero-order chi connectivity index (χ0) is 18.1. The maximum atomic E-state index is 13.5. The van der Waals surface area contributed by atoms with Crippen LogP contribution >= 0.6 is 0 Å². The van der Waals surface area contributed by atoms with Gasteiger partial charge in [0, 0.05) is 12.0 Å². The summed E-state index contributed by atoms with van der Waals surface area (Å²) in [6, 6.07) is 9.58. The molecule has 6 heteroatoms. The minimum absolute atomic E-state index is 0.0679. The van der Waals surface area contributed by atoms with Crippen LogP contribution in [0.4, 0.5) is 5.82 Å². The predicted molar refractivity (Wildman–Crippen MR) is 96.8 cm³/mol. The van der Waals surface area contributed by atoms with Gasteiger partial charge in [-0.2, -0.15) is 0 Å². The van der Waals surface area contributed by atoms with Crippen LogP contribution in [0.1, 0.15) is 49.8 Å². The molecule has 0 aliphatic heterocycles. The number of aromatic nitrogens is 3. The van der Waals surface area contributed by atoms with E-state index in [1.54, 1.807) is 13.0 Å². The molecule has 2 bridgehead atoms. The van der Waals surface area contributed by atoms with E-state index in [1.165, 1.54) is 0 Å². The Kier molecular flexibility index (Phi) is 2.92. The van der Waals surface area contributed by atoms with Crippen molar-refractivity contribution in [2.45, 2.75) is 44.9 Å². The smallest absolute Gasteiger partial charge is 0.238 e. The molecular weight excluding hydrogens is 328 g/mol. The van der Waals surface area contributed by atoms with E-state index in [1.807, 2.05) is 24.3 Å². The third kappa shape index (κ3) is 1.76. The van der Waals surface area contributed by atoms with Gasteiger partial charge in [-0.25, -0.2) is 9.97 Å². The van der Waals surface area contributed by atoms with Crippen molar-refractivity contribution in [3.8, 4) is 0 Å². The zero-order valence-corrected chi connectivity index (χ0v) is 15.0. The summed E-state index contributed by atoms with van der Waals surface area (Å²) in [5.41, 5.74) is 2.57. The summed E-state index contributed by atoms with van der Waals surface area (Å²) in [5, 5.41) is 6.87. The van der Waals surface area contributed by atoms with Crippen molar-refractivity contribution < 1.29 is 9.32 Å². The molecule has 6 nitrogen and oxygen atoms in total. The van der Waals surface area contributed by atoms with E-state index in [-0.39, 0.29) is 17.2 Å². The molecule has 2 aliphatic carbocycles. The highest BCUT2D eigenvalue weighted by Gasteiger charge is 2.67. The average molecular weight is 348 g/mol. The molecule has 0 saturated heterocycles. The van der Waals surface area contributed by atoms with Crippen LogP contribution in [0.3, 0.4) is 0 Å². The molecule has 5 rings (SSSR count). The standard InChI is InChI=1S/C20H20N4O2/c1-11-10-15(24-26-11)23-18(25)20-9-8-12(19(20,2)3)16-17(20)22-14-7-5-4-6-13(14)21-16/h4-7,10,12H,8-9H2,1-3H3,(H,23,24,25). The molecular formula is C20H20N4O2. The van der Waals surface area contributed by atoms with Gasteiger partial charge in [0.05, 0.1) is 27.8 Å². The number of para-hydroxylation sites is 2. The largest absolute Gasteiger partial charge is 0.360 e. The Balaban J connectivity index is 1.68. The van der Waals surface area contributed by atoms with Crippen LogP contribution in [0, 0.1) is 12.3 Å². The first-order chi connectivity index (χ1) is 12.4. The van der Waals surface area contributed by atoms with Crippen molar-refractivity contribution in [2.75, 3.05) is 5.32 Å². The molecule has 1 amide bonds. The molecule has 132 valence electrons. The van der Waals surface area contributed by atoms with Crippen LogP contribution in [-0.2, 0) is 10.2 Å². The number of carbonyl (C=O) groups is 1. The molecule has 2 aliphatic rings. The van der Waals surface area contributed by atoms with Crippen LogP contribution in [0.25, 0.3) is 11.0 Å². The van der Waals surface area contributed by atoms with E-state index < -0.39 is 5.41 Å². The van der Waals surface area contributed by atoms with E-state index in [4.69, 9.17) is 14.5 Å². The number of nitrogens with zero attached hydrogens (tertiary/aromatic N) is 3. The summed E-state index contributed by atoms with van der Waals surface area (Å²) in [4.78, 5) is 23.3. The maximum absolute atomic E-state index is 13.5. The summed E-state index contributed by atoms with van der Waals surface area (Å²) < 4.78 is 5.09. The Bertz CT molecular complexity index is 1050. The lowest BCUT2D eigenvalue weighted by molar-refractivity contribution is -0.124. The van der Waals surface area contributed by atoms with Crippen molar-refractivity contribution in [1.82, 2.24) is 15.1 Å². The number of aryl methyl sites for hydroxylation is 1. The number of fused-ring (bicyclic) bond motifs is 6. The van der Waals surface area contributed by atoms with Gasteiger partial charge in [0.25, 0.3) is 0 Å². The Hall–Kier alpha value is -2.76. The van der Waals surface area contributed by atoms with E-state index in [0.29, 0.717) is 11.6 Å². The minimum atomic E-state index is -0.698. The fraction of sp³-hybridized carbons (Fsp3) is 0.400. The molecule has 1 fully saturated rings. The molecule has 1 N–H and O–H groups in total. The van der Waals surface area contributed by atoms with Crippen LogP contribution in [-0.4, -0.2) is 21.0 Å². The van der Waals surface area contributed by atoms with E-state index >= 15 is 0 Å². The van der Waals surface area contributed by atoms with Gasteiger partial charge in [-0.05, 0) is 37.3 Å². The van der Waals surface area contributed by atoms with Crippen LogP contribution < -0.4 is 5.32 Å². The van der Waals surface area contributed by atoms with E-state index in [0.717, 1.165) is 35.3 Å². The van der Waals surface area contributed by atoms with Gasteiger partial charge in [-0.15, -0.1) is 0 Å². The van der Waals surface area contributed by atoms with Crippen molar-refractivity contribution in [1.29, 1.82) is 0 Å². The first-order valence-electron chi connectivity index (χ1n) is 8.95. The molecule has 2 heterocycles. The van der Waals surface area contributed by atoms with Crippen LogP contribution in [0.15, 0.2) is 34.9 Å². The van der Waals surface area contributed by atoms with Gasteiger partial charge >= 0.3 is 0 Å². The minimum Gasteiger partial charge on any atom is -0.360 e. The normalized spacial score (nSPS) is 25.4. The highest BCUT2D eigenvalue weighted by Crippen LogP contribution is 2.67. The highest BCUT2D eigenvalue weighted by molar-refractivity contribution is 6.01. The van der Waals surface area contributed by atoms with Gasteiger partial charge in [-0.3, -0.25) is 4.79 Å². The topological polar surface area (TPSA) is 80.9 Å². The summed E-state index contributed by atoms with van der Waals surface area (Å²) >= 11 is 0. The Morgan fingerprint density at radius 3 is 2.65 bits per heavy atom. The van der Waals surface area contributed by atoms with Gasteiger partial charge in [0.1, 0.15) is 5.76 Å². The molecule has 2 unspecified atom stereocenters. The molecule has 0 radical (unpaired) electrons. The van der Waals surface area contributed by atoms with Crippen molar-refractivity contribution in [2.24, 2.45) is 5.41 Å². The number of rotatable bonds is 2. The summed E-state index contributed by atoms with van der Waals surface area (Å²) in [7, 11) is 0. The third-order valence-electron chi connectivity index (χ3n) is 6.37. The first kappa shape index (κ1) is 15.5. The number of hydrogen-bond donors (Lipinski definition) is 1. The molecule has 26 heavy (non-hydrogen) atoms. The number of hydrogen-bond acceptors (Lipinski definition) is 5. The second-order valence-electron chi connectivity index (χ2n) is 7.94. The van der Waals surface area contributed by atoms with Gasteiger partial charge < -0.3 is 9.84 Å². The zero-order valence-electron chi connectivity index (χ0n) is 15.0. The lowest BCUT2D eigenvalue weighted by atomic mass is 9.67. The van der Waals surface area contributed by atoms with Gasteiger partial charge in [0.15, 0.2) is 5.82 Å². The average Bonchev–Trinajstić information content (AvgIpc) is 3.20. The molecule has 3 aromatic rings. The van der Waals surface area contributed by atoms with Crippen LogP contribution in [0.5, 0.6) is 0 Å². The summed E-state index contributed by atoms with van der Waals surface area (Å²) in [6.07, 6.45) is 1.71. The lowest BCUT2D eigenvalue weighted by Gasteiger charge is -2.35. The van der Waals surface area contributed by atoms with E-state index in [9.17, 15) is 4.79 Å². The molecule has 1 aromatic carbocycles. The van der Waals surface area contributed by atoms with Crippen molar-refractivity contribution >= 4 is 22.8 Å². The second kappa shape index (κ2) is 4.90. The number of carbonyl (C=O) groups excluding carboxylic acids is 1. The molecule has 2 aromatic heterocycles. The number of nitrogens with one attached hydrogen (secondary N) is 1. The SMILES string of the molecule is Cc1cc(NC(=O)C23CCC(c4nc5ccccc5nc42)C3(C)C)no1. The number of anilines is 1. The quantitative estimate of drug-likeness (QED) is 0.763. The molecule has 0 spiro atoms. The second-order valence-corrected chi connectivity index (χ2v) is 7.94. The number of benzene rings is 1. The van der Waals surface area contributed by atoms with Crippen molar-refractivity contribution in [3.63, 3.8) is 0 Å². The Morgan fingerprint density at radius 2 is 1.96 bits per heavy atom. The summed E-state index contributed by atoms with van der Waals surface area (Å²) in [5.74, 6) is 1.28. The van der Waals surface area contributed by atoms with Gasteiger partial charge in [-0.1, -0.05) is 31.1 Å². The Labute approximate surface area is 151 Å². The molecule has 1 saturated carbocycles. The predicted octanol–water partition coefficient (Wildman–Crippen LogP) is 3.72. The summed E-state index contributed by atoms with van der Waals surface area (Å²) in [6.45, 7) is 6.12. The fourth-order valence-corrected chi connectivity index (χ4v) is 4.98. The fourth-order valence-electron chi connectivity index (χ4n) is 4.98.